The Bertz CT molecular complexity index is 527. The van der Waals surface area contributed by atoms with E-state index in [1.807, 2.05) is 0 Å². The summed E-state index contributed by atoms with van der Waals surface area (Å²) < 4.78 is 0. The minimum atomic E-state index is -1.16. The number of aryl methyl sites for hydroxylation is 1. The number of hydrogen-bond acceptors (Lipinski definition) is 4. The van der Waals surface area contributed by atoms with Crippen molar-refractivity contribution < 1.29 is 19.6 Å². The minimum absolute atomic E-state index is 0.0897. The van der Waals surface area contributed by atoms with Gasteiger partial charge in [0.15, 0.2) is 0 Å². The van der Waals surface area contributed by atoms with Gasteiger partial charge in [-0.05, 0) is 25.5 Å². The monoisotopic (exact) mass is 266 g/mol. The van der Waals surface area contributed by atoms with E-state index in [0.717, 1.165) is 4.90 Å². The van der Waals surface area contributed by atoms with Gasteiger partial charge in [-0.25, -0.2) is 0 Å². The summed E-state index contributed by atoms with van der Waals surface area (Å²) in [4.78, 5) is 34.1. The number of carboxylic acids is 1. The van der Waals surface area contributed by atoms with Gasteiger partial charge in [-0.2, -0.15) is 0 Å². The summed E-state index contributed by atoms with van der Waals surface area (Å²) in [6, 6.07) is 4.17. The highest BCUT2D eigenvalue weighted by Gasteiger charge is 2.25. The highest BCUT2D eigenvalue weighted by molar-refractivity contribution is 5.99. The largest absolute Gasteiger partial charge is 0.480 e. The molecule has 1 N–H and O–H groups in total. The van der Waals surface area contributed by atoms with Crippen LogP contribution in [-0.4, -0.2) is 39.9 Å². The van der Waals surface area contributed by atoms with Gasteiger partial charge in [-0.1, -0.05) is 6.07 Å². The van der Waals surface area contributed by atoms with Gasteiger partial charge in [-0.3, -0.25) is 19.7 Å². The summed E-state index contributed by atoms with van der Waals surface area (Å²) in [5, 5.41) is 19.6. The topological polar surface area (TPSA) is 101 Å². The zero-order chi connectivity index (χ0) is 14.6. The molecule has 0 aliphatic heterocycles. The SMILES string of the molecule is CCN(CC(=O)O)C(=O)c1cc(C)ccc1[N+](=O)[O-]. The highest BCUT2D eigenvalue weighted by Crippen LogP contribution is 2.21. The zero-order valence-electron chi connectivity index (χ0n) is 10.6. The van der Waals surface area contributed by atoms with Crippen molar-refractivity contribution in [3.8, 4) is 0 Å². The van der Waals surface area contributed by atoms with Gasteiger partial charge in [0, 0.05) is 12.6 Å². The summed E-state index contributed by atoms with van der Waals surface area (Å²) >= 11 is 0. The first kappa shape index (κ1) is 14.6. The molecule has 7 heteroatoms. The van der Waals surface area contributed by atoms with Crippen molar-refractivity contribution in [2.45, 2.75) is 13.8 Å². The molecule has 0 heterocycles. The molecular formula is C12H14N2O5. The van der Waals surface area contributed by atoms with Gasteiger partial charge < -0.3 is 10.0 Å². The fraction of sp³-hybridized carbons (Fsp3) is 0.333. The summed E-state index contributed by atoms with van der Waals surface area (Å²) in [6.45, 7) is 2.99. The van der Waals surface area contributed by atoms with Gasteiger partial charge in [0.1, 0.15) is 12.1 Å². The number of likely N-dealkylation sites (N-methyl/N-ethyl adjacent to an activating group) is 1. The summed E-state index contributed by atoms with van der Waals surface area (Å²) in [7, 11) is 0. The molecule has 0 atom stereocenters. The Morgan fingerprint density at radius 2 is 2.05 bits per heavy atom. The van der Waals surface area contributed by atoms with E-state index < -0.39 is 23.3 Å². The van der Waals surface area contributed by atoms with Crippen LogP contribution in [0, 0.1) is 17.0 Å². The molecule has 0 radical (unpaired) electrons. The predicted octanol–water partition coefficient (Wildman–Crippen LogP) is 1.45. The third-order valence-electron chi connectivity index (χ3n) is 2.57. The molecule has 1 rings (SSSR count). The van der Waals surface area contributed by atoms with Crippen molar-refractivity contribution in [3.63, 3.8) is 0 Å². The van der Waals surface area contributed by atoms with Gasteiger partial charge in [0.05, 0.1) is 4.92 Å². The summed E-state index contributed by atoms with van der Waals surface area (Å²) in [6.07, 6.45) is 0. The maximum absolute atomic E-state index is 12.1. The fourth-order valence-electron chi connectivity index (χ4n) is 1.64. The fourth-order valence-corrected chi connectivity index (χ4v) is 1.64. The number of aliphatic carboxylic acids is 1. The van der Waals surface area contributed by atoms with Crippen molar-refractivity contribution in [1.82, 2.24) is 4.90 Å². The van der Waals surface area contributed by atoms with Crippen molar-refractivity contribution in [2.75, 3.05) is 13.1 Å². The van der Waals surface area contributed by atoms with E-state index in [-0.39, 0.29) is 17.8 Å². The Balaban J connectivity index is 3.19. The van der Waals surface area contributed by atoms with Crippen LogP contribution in [0.3, 0.4) is 0 Å². The predicted molar refractivity (Wildman–Crippen MR) is 67.0 cm³/mol. The maximum atomic E-state index is 12.1. The van der Waals surface area contributed by atoms with Crippen LogP contribution in [0.15, 0.2) is 18.2 Å². The number of hydrogen-bond donors (Lipinski definition) is 1. The molecule has 0 spiro atoms. The maximum Gasteiger partial charge on any atom is 0.323 e. The standard InChI is InChI=1S/C12H14N2O5/c1-3-13(7-11(15)16)12(17)9-6-8(2)4-5-10(9)14(18)19/h4-6H,3,7H2,1-2H3,(H,15,16). The van der Waals surface area contributed by atoms with Crippen LogP contribution in [-0.2, 0) is 4.79 Å². The minimum Gasteiger partial charge on any atom is -0.480 e. The number of carbonyl (C=O) groups excluding carboxylic acids is 1. The van der Waals surface area contributed by atoms with Crippen molar-refractivity contribution in [3.05, 3.63) is 39.4 Å². The highest BCUT2D eigenvalue weighted by atomic mass is 16.6. The van der Waals surface area contributed by atoms with Crippen LogP contribution in [0.2, 0.25) is 0 Å². The molecule has 0 saturated carbocycles. The smallest absolute Gasteiger partial charge is 0.323 e. The Morgan fingerprint density at radius 1 is 1.42 bits per heavy atom. The molecule has 0 unspecified atom stereocenters. The Labute approximate surface area is 109 Å². The number of nitrogens with zero attached hydrogens (tertiary/aromatic N) is 2. The molecule has 1 amide bonds. The molecule has 0 aliphatic rings. The molecular weight excluding hydrogens is 252 g/mol. The molecule has 1 aromatic carbocycles. The molecule has 19 heavy (non-hydrogen) atoms. The van der Waals surface area contributed by atoms with E-state index in [4.69, 9.17) is 5.11 Å². The van der Waals surface area contributed by atoms with Crippen LogP contribution in [0.5, 0.6) is 0 Å². The van der Waals surface area contributed by atoms with Crippen LogP contribution >= 0.6 is 0 Å². The lowest BCUT2D eigenvalue weighted by atomic mass is 10.1. The second-order valence-electron chi connectivity index (χ2n) is 3.99. The van der Waals surface area contributed by atoms with Gasteiger partial charge in [0.25, 0.3) is 11.6 Å². The first-order valence-corrected chi connectivity index (χ1v) is 5.63. The van der Waals surface area contributed by atoms with Gasteiger partial charge >= 0.3 is 5.97 Å². The molecule has 7 nitrogen and oxygen atoms in total. The average Bonchev–Trinajstić information content (AvgIpc) is 2.34. The van der Waals surface area contributed by atoms with Crippen molar-refractivity contribution in [1.29, 1.82) is 0 Å². The quantitative estimate of drug-likeness (QED) is 0.642. The number of amides is 1. The first-order valence-electron chi connectivity index (χ1n) is 5.63. The number of carbonyl (C=O) groups is 2. The number of nitro benzene ring substituents is 1. The molecule has 0 aromatic heterocycles. The lowest BCUT2D eigenvalue weighted by molar-refractivity contribution is -0.385. The Hall–Kier alpha value is -2.44. The van der Waals surface area contributed by atoms with E-state index in [1.165, 1.54) is 18.2 Å². The number of carboxylic acid groups (broad SMARTS) is 1. The number of rotatable bonds is 5. The molecule has 0 bridgehead atoms. The molecule has 0 fully saturated rings. The Morgan fingerprint density at radius 3 is 2.53 bits per heavy atom. The summed E-state index contributed by atoms with van der Waals surface area (Å²) in [5.41, 5.74) is 0.285. The lowest BCUT2D eigenvalue weighted by Gasteiger charge is -2.18. The number of nitro groups is 1. The molecule has 1 aromatic rings. The van der Waals surface area contributed by atoms with Gasteiger partial charge in [0.2, 0.25) is 0 Å². The van der Waals surface area contributed by atoms with Gasteiger partial charge in [-0.15, -0.1) is 0 Å². The number of benzene rings is 1. The molecule has 102 valence electrons. The normalized spacial score (nSPS) is 10.0. The van der Waals surface area contributed by atoms with E-state index >= 15 is 0 Å². The Kier molecular flexibility index (Phi) is 4.57. The van der Waals surface area contributed by atoms with Crippen LogP contribution in [0.1, 0.15) is 22.8 Å². The second-order valence-corrected chi connectivity index (χ2v) is 3.99. The molecule has 0 aliphatic carbocycles. The van der Waals surface area contributed by atoms with E-state index in [0.29, 0.717) is 5.56 Å². The van der Waals surface area contributed by atoms with Crippen molar-refractivity contribution >= 4 is 17.6 Å². The second kappa shape index (κ2) is 5.94. The lowest BCUT2D eigenvalue weighted by Crippen LogP contribution is -2.35. The third-order valence-corrected chi connectivity index (χ3v) is 2.57. The average molecular weight is 266 g/mol. The van der Waals surface area contributed by atoms with E-state index in [2.05, 4.69) is 0 Å². The molecule has 0 saturated heterocycles. The van der Waals surface area contributed by atoms with Crippen molar-refractivity contribution in [2.24, 2.45) is 0 Å². The third kappa shape index (κ3) is 3.51. The van der Waals surface area contributed by atoms with Crippen LogP contribution < -0.4 is 0 Å². The zero-order valence-corrected chi connectivity index (χ0v) is 10.6. The van der Waals surface area contributed by atoms with E-state index in [9.17, 15) is 19.7 Å². The first-order chi connectivity index (χ1) is 8.86. The van der Waals surface area contributed by atoms with Crippen LogP contribution in [0.4, 0.5) is 5.69 Å². The summed E-state index contributed by atoms with van der Waals surface area (Å²) in [5.74, 6) is -1.81. The van der Waals surface area contributed by atoms with E-state index in [1.54, 1.807) is 13.8 Å². The van der Waals surface area contributed by atoms with Crippen LogP contribution in [0.25, 0.3) is 0 Å².